The van der Waals surface area contributed by atoms with Crippen molar-refractivity contribution in [3.05, 3.63) is 0 Å². The lowest BCUT2D eigenvalue weighted by Gasteiger charge is -2.44. The van der Waals surface area contributed by atoms with Crippen LogP contribution in [0.4, 0.5) is 0 Å². The molecule has 1 amide bonds. The Bertz CT molecular complexity index is 403. The molecule has 6 atom stereocenters. The monoisotopic (exact) mass is 309 g/mol. The summed E-state index contributed by atoms with van der Waals surface area (Å²) in [5, 5.41) is 59.0. The molecule has 0 aromatic heterocycles. The third-order valence-corrected chi connectivity index (χ3v) is 3.21. The van der Waals surface area contributed by atoms with E-state index in [4.69, 9.17) is 14.9 Å². The number of rotatable bonds is 5. The molecule has 0 aromatic carbocycles. The maximum atomic E-state index is 11.1. The van der Waals surface area contributed by atoms with Crippen molar-refractivity contribution in [3.8, 4) is 0 Å². The molecule has 0 unspecified atom stereocenters. The zero-order chi connectivity index (χ0) is 16.4. The second-order valence-electron chi connectivity index (χ2n) is 4.91. The summed E-state index contributed by atoms with van der Waals surface area (Å²) in [4.78, 5) is 22.1. The first-order chi connectivity index (χ1) is 9.62. The topological polar surface area (TPSA) is 177 Å². The third kappa shape index (κ3) is 3.87. The molecule has 0 radical (unpaired) electrons. The van der Waals surface area contributed by atoms with Gasteiger partial charge in [-0.3, -0.25) is 4.79 Å². The number of aliphatic carboxylic acids is 1. The summed E-state index contributed by atoms with van der Waals surface area (Å²) in [7, 11) is 0. The minimum absolute atomic E-state index is 0.598. The van der Waals surface area contributed by atoms with Crippen molar-refractivity contribution in [1.82, 2.24) is 5.32 Å². The van der Waals surface area contributed by atoms with E-state index >= 15 is 0 Å². The summed E-state index contributed by atoms with van der Waals surface area (Å²) in [6.07, 6.45) is -7.48. The van der Waals surface area contributed by atoms with E-state index in [-0.39, 0.29) is 0 Å². The minimum Gasteiger partial charge on any atom is -0.477 e. The first kappa shape index (κ1) is 17.8. The first-order valence-corrected chi connectivity index (χ1v) is 6.18. The molecule has 0 aliphatic carbocycles. The smallest absolute Gasteiger partial charge is 0.364 e. The van der Waals surface area contributed by atoms with E-state index in [1.165, 1.54) is 0 Å². The predicted octanol–water partition coefficient (Wildman–Crippen LogP) is -3.87. The maximum absolute atomic E-state index is 11.1. The van der Waals surface area contributed by atoms with E-state index in [9.17, 15) is 30.0 Å². The number of nitrogens with one attached hydrogen (secondary N) is 1. The average Bonchev–Trinajstić information content (AvgIpc) is 2.39. The number of hydrogen-bond acceptors (Lipinski definition) is 8. The highest BCUT2D eigenvalue weighted by atomic mass is 16.7. The van der Waals surface area contributed by atoms with Crippen LogP contribution >= 0.6 is 0 Å². The zero-order valence-electron chi connectivity index (χ0n) is 11.2. The Morgan fingerprint density at radius 2 is 2.00 bits per heavy atom. The first-order valence-electron chi connectivity index (χ1n) is 6.18. The van der Waals surface area contributed by atoms with Gasteiger partial charge in [0.05, 0.1) is 18.8 Å². The molecule has 1 aliphatic heterocycles. The molecule has 1 saturated heterocycles. The van der Waals surface area contributed by atoms with Crippen LogP contribution in [0.15, 0.2) is 0 Å². The molecule has 7 N–H and O–H groups in total. The van der Waals surface area contributed by atoms with Gasteiger partial charge in [-0.2, -0.15) is 0 Å². The minimum atomic E-state index is -2.78. The molecule has 0 aromatic rings. The fraction of sp³-hybridized carbons (Fsp3) is 0.818. The number of ether oxygens (including phenoxy) is 1. The van der Waals surface area contributed by atoms with E-state index in [0.717, 1.165) is 6.92 Å². The molecule has 1 aliphatic rings. The largest absolute Gasteiger partial charge is 0.477 e. The molecule has 0 bridgehead atoms. The van der Waals surface area contributed by atoms with Gasteiger partial charge < -0.3 is 40.7 Å². The summed E-state index contributed by atoms with van der Waals surface area (Å²) in [5.41, 5.74) is 0. The highest BCUT2D eigenvalue weighted by Gasteiger charge is 2.53. The van der Waals surface area contributed by atoms with Crippen LogP contribution in [0, 0.1) is 0 Å². The summed E-state index contributed by atoms with van der Waals surface area (Å²) in [6, 6.07) is -1.27. The van der Waals surface area contributed by atoms with Crippen LogP contribution in [-0.2, 0) is 14.3 Å². The van der Waals surface area contributed by atoms with Crippen LogP contribution in [0.5, 0.6) is 0 Å². The Balaban J connectivity index is 3.07. The van der Waals surface area contributed by atoms with Gasteiger partial charge in [0.15, 0.2) is 0 Å². The molecular formula is C11H19NO9. The van der Waals surface area contributed by atoms with Gasteiger partial charge in [0, 0.05) is 13.3 Å². The van der Waals surface area contributed by atoms with Gasteiger partial charge in [-0.05, 0) is 0 Å². The third-order valence-electron chi connectivity index (χ3n) is 3.21. The Morgan fingerprint density at radius 1 is 1.43 bits per heavy atom. The van der Waals surface area contributed by atoms with Crippen molar-refractivity contribution in [3.63, 3.8) is 0 Å². The molecule has 1 rings (SSSR count). The van der Waals surface area contributed by atoms with E-state index < -0.39 is 61.1 Å². The van der Waals surface area contributed by atoms with Crippen LogP contribution in [0.3, 0.4) is 0 Å². The Kier molecular flexibility index (Phi) is 5.61. The molecule has 10 heteroatoms. The zero-order valence-corrected chi connectivity index (χ0v) is 11.2. The Morgan fingerprint density at radius 3 is 2.43 bits per heavy atom. The van der Waals surface area contributed by atoms with E-state index in [0.29, 0.717) is 0 Å². The highest BCUT2D eigenvalue weighted by molar-refractivity contribution is 5.76. The number of carbonyl (C=O) groups excluding carboxylic acids is 1. The van der Waals surface area contributed by atoms with Crippen molar-refractivity contribution < 1.29 is 45.0 Å². The highest BCUT2D eigenvalue weighted by Crippen LogP contribution is 2.30. The molecule has 1 heterocycles. The van der Waals surface area contributed by atoms with Crippen LogP contribution in [-0.4, -0.2) is 85.4 Å². The number of hydrogen-bond donors (Lipinski definition) is 7. The van der Waals surface area contributed by atoms with Crippen LogP contribution in [0.25, 0.3) is 0 Å². The Hall–Kier alpha value is -1.30. The molecule has 0 spiro atoms. The predicted molar refractivity (Wildman–Crippen MR) is 64.8 cm³/mol. The van der Waals surface area contributed by atoms with Gasteiger partial charge in [0.1, 0.15) is 18.3 Å². The molecule has 21 heavy (non-hydrogen) atoms. The van der Waals surface area contributed by atoms with E-state index in [1.54, 1.807) is 0 Å². The fourth-order valence-electron chi connectivity index (χ4n) is 2.14. The SMILES string of the molecule is CC(=O)N[C@@H]1[C@H]([C@@H](O)[C@@H](O)CO)O[C@@](O)(C(=O)O)C[C@H]1O. The van der Waals surface area contributed by atoms with Crippen molar-refractivity contribution in [2.75, 3.05) is 6.61 Å². The van der Waals surface area contributed by atoms with Gasteiger partial charge in [-0.1, -0.05) is 0 Å². The lowest BCUT2D eigenvalue weighted by Crippen LogP contribution is -2.67. The second-order valence-corrected chi connectivity index (χ2v) is 4.91. The van der Waals surface area contributed by atoms with E-state index in [1.807, 2.05) is 0 Å². The quantitative estimate of drug-likeness (QED) is 0.268. The molecule has 0 saturated carbocycles. The number of aliphatic hydroxyl groups excluding tert-OH is 4. The van der Waals surface area contributed by atoms with Gasteiger partial charge in [0.25, 0.3) is 5.79 Å². The number of carbonyl (C=O) groups is 2. The maximum Gasteiger partial charge on any atom is 0.364 e. The van der Waals surface area contributed by atoms with E-state index in [2.05, 4.69) is 5.32 Å². The standard InChI is InChI=1S/C11H19NO9/c1-4(14)12-7-5(15)2-11(20,10(18)19)21-9(7)8(17)6(16)3-13/h5-9,13,15-17,20H,2-3H2,1H3,(H,12,14)(H,18,19)/t5-,6+,7+,8+,9-,11-/m1/s1. The number of carboxylic acid groups (broad SMARTS) is 1. The summed E-state index contributed by atoms with van der Waals surface area (Å²) in [6.45, 7) is 0.256. The van der Waals surface area contributed by atoms with Crippen LogP contribution in [0.2, 0.25) is 0 Å². The van der Waals surface area contributed by atoms with Crippen LogP contribution < -0.4 is 5.32 Å². The fourth-order valence-corrected chi connectivity index (χ4v) is 2.14. The van der Waals surface area contributed by atoms with Gasteiger partial charge in [-0.15, -0.1) is 0 Å². The number of aliphatic hydroxyl groups is 5. The lowest BCUT2D eigenvalue weighted by molar-refractivity contribution is -0.295. The van der Waals surface area contributed by atoms with Gasteiger partial charge in [0.2, 0.25) is 5.91 Å². The summed E-state index contributed by atoms with van der Waals surface area (Å²) < 4.78 is 4.86. The van der Waals surface area contributed by atoms with Crippen LogP contribution in [0.1, 0.15) is 13.3 Å². The average molecular weight is 309 g/mol. The lowest BCUT2D eigenvalue weighted by atomic mass is 9.88. The number of carboxylic acids is 1. The van der Waals surface area contributed by atoms with Crippen molar-refractivity contribution in [2.24, 2.45) is 0 Å². The van der Waals surface area contributed by atoms with Crippen molar-refractivity contribution in [2.45, 2.75) is 49.6 Å². The molecule has 122 valence electrons. The van der Waals surface area contributed by atoms with Crippen molar-refractivity contribution in [1.29, 1.82) is 0 Å². The molecule has 1 fully saturated rings. The van der Waals surface area contributed by atoms with Gasteiger partial charge >= 0.3 is 5.97 Å². The molecular weight excluding hydrogens is 290 g/mol. The van der Waals surface area contributed by atoms with Gasteiger partial charge in [-0.25, -0.2) is 4.79 Å². The number of amides is 1. The summed E-state index contributed by atoms with van der Waals surface area (Å²) in [5.74, 6) is -5.17. The Labute approximate surface area is 119 Å². The van der Waals surface area contributed by atoms with Crippen molar-refractivity contribution >= 4 is 11.9 Å². The second kappa shape index (κ2) is 6.64. The molecule has 10 nitrogen and oxygen atoms in total. The normalized spacial score (nSPS) is 35.8. The summed E-state index contributed by atoms with van der Waals surface area (Å²) >= 11 is 0.